The fraction of sp³-hybridized carbons (Fsp3) is 0.500. The third kappa shape index (κ3) is 2.88. The number of hydrogen-bond acceptors (Lipinski definition) is 4. The van der Waals surface area contributed by atoms with E-state index in [-0.39, 0.29) is 0 Å². The number of para-hydroxylation sites is 1. The molecule has 1 aromatic heterocycles. The molecular weight excluding hydrogens is 242 g/mol. The van der Waals surface area contributed by atoms with Crippen LogP contribution in [0.15, 0.2) is 24.3 Å². The second-order valence-electron chi connectivity index (χ2n) is 4.77. The molecule has 2 heterocycles. The number of nitrogens with zero attached hydrogens (tertiary/aromatic N) is 2. The van der Waals surface area contributed by atoms with Crippen molar-refractivity contribution in [3.63, 3.8) is 0 Å². The first-order chi connectivity index (χ1) is 8.92. The van der Waals surface area contributed by atoms with Crippen LogP contribution in [-0.2, 0) is 6.42 Å². The Labute approximate surface area is 112 Å². The molecule has 96 valence electrons. The molecule has 18 heavy (non-hydrogen) atoms. The summed E-state index contributed by atoms with van der Waals surface area (Å²) in [6.07, 6.45) is 2.34. The largest absolute Gasteiger partial charge is 0.314 e. The van der Waals surface area contributed by atoms with Gasteiger partial charge in [0.05, 0.1) is 15.2 Å². The fourth-order valence-electron chi connectivity index (χ4n) is 2.42. The number of rotatable bonds is 4. The molecule has 1 aliphatic heterocycles. The number of aryl methyl sites for hydroxylation is 1. The summed E-state index contributed by atoms with van der Waals surface area (Å²) in [5.41, 5.74) is 1.15. The molecule has 0 spiro atoms. The molecule has 0 unspecified atom stereocenters. The Morgan fingerprint density at radius 2 is 2.06 bits per heavy atom. The highest BCUT2D eigenvalue weighted by atomic mass is 32.1. The zero-order valence-corrected chi connectivity index (χ0v) is 11.4. The maximum Gasteiger partial charge on any atom is 0.0939 e. The highest BCUT2D eigenvalue weighted by Gasteiger charge is 2.09. The van der Waals surface area contributed by atoms with E-state index in [1.807, 2.05) is 11.3 Å². The van der Waals surface area contributed by atoms with Crippen molar-refractivity contribution in [2.75, 3.05) is 32.7 Å². The Morgan fingerprint density at radius 1 is 1.22 bits per heavy atom. The zero-order valence-electron chi connectivity index (χ0n) is 10.6. The number of benzene rings is 1. The maximum absolute atomic E-state index is 4.68. The lowest BCUT2D eigenvalue weighted by atomic mass is 10.2. The van der Waals surface area contributed by atoms with Gasteiger partial charge in [0.15, 0.2) is 0 Å². The average molecular weight is 261 g/mol. The van der Waals surface area contributed by atoms with Crippen molar-refractivity contribution in [1.82, 2.24) is 15.2 Å². The second kappa shape index (κ2) is 5.78. The molecule has 0 amide bonds. The molecule has 0 atom stereocenters. The smallest absolute Gasteiger partial charge is 0.0939 e. The first kappa shape index (κ1) is 12.1. The molecule has 1 N–H and O–H groups in total. The average Bonchev–Trinajstić information content (AvgIpc) is 2.82. The second-order valence-corrected chi connectivity index (χ2v) is 5.89. The van der Waals surface area contributed by atoms with E-state index < -0.39 is 0 Å². The molecule has 0 bridgehead atoms. The van der Waals surface area contributed by atoms with Crippen LogP contribution in [0.3, 0.4) is 0 Å². The normalized spacial score (nSPS) is 17.3. The highest BCUT2D eigenvalue weighted by Crippen LogP contribution is 2.22. The predicted molar refractivity (Wildman–Crippen MR) is 77.3 cm³/mol. The van der Waals surface area contributed by atoms with E-state index in [0.717, 1.165) is 25.0 Å². The van der Waals surface area contributed by atoms with E-state index in [9.17, 15) is 0 Å². The summed E-state index contributed by atoms with van der Waals surface area (Å²) >= 11 is 1.84. The Morgan fingerprint density at radius 3 is 2.89 bits per heavy atom. The molecule has 3 nitrogen and oxygen atoms in total. The summed E-state index contributed by atoms with van der Waals surface area (Å²) in [7, 11) is 0. The minimum absolute atomic E-state index is 1.11. The van der Waals surface area contributed by atoms with Crippen molar-refractivity contribution >= 4 is 21.6 Å². The molecule has 1 fully saturated rings. The van der Waals surface area contributed by atoms with Crippen LogP contribution in [0.5, 0.6) is 0 Å². The molecule has 0 radical (unpaired) electrons. The third-order valence-corrected chi connectivity index (χ3v) is 4.51. The Balaban J connectivity index is 1.53. The Kier molecular flexibility index (Phi) is 3.88. The summed E-state index contributed by atoms with van der Waals surface area (Å²) in [5, 5.41) is 4.67. The van der Waals surface area contributed by atoms with Gasteiger partial charge >= 0.3 is 0 Å². The SMILES string of the molecule is c1ccc2sc(CCCN3CCNCC3)nc2c1. The summed E-state index contributed by atoms with van der Waals surface area (Å²) in [6, 6.07) is 8.41. The molecular formula is C14H19N3S. The van der Waals surface area contributed by atoms with Crippen LogP contribution >= 0.6 is 11.3 Å². The summed E-state index contributed by atoms with van der Waals surface area (Å²) in [4.78, 5) is 7.23. The van der Waals surface area contributed by atoms with Crippen molar-refractivity contribution in [3.8, 4) is 0 Å². The van der Waals surface area contributed by atoms with Crippen molar-refractivity contribution in [3.05, 3.63) is 29.3 Å². The van der Waals surface area contributed by atoms with Crippen molar-refractivity contribution < 1.29 is 0 Å². The molecule has 0 saturated carbocycles. The minimum atomic E-state index is 1.11. The van der Waals surface area contributed by atoms with Gasteiger partial charge in [0.2, 0.25) is 0 Å². The highest BCUT2D eigenvalue weighted by molar-refractivity contribution is 7.18. The van der Waals surface area contributed by atoms with Gasteiger partial charge in [-0.15, -0.1) is 11.3 Å². The lowest BCUT2D eigenvalue weighted by molar-refractivity contribution is 0.238. The topological polar surface area (TPSA) is 28.2 Å². The summed E-state index contributed by atoms with van der Waals surface area (Å²) in [6.45, 7) is 5.87. The van der Waals surface area contributed by atoms with E-state index in [1.165, 1.54) is 35.8 Å². The van der Waals surface area contributed by atoms with Crippen molar-refractivity contribution in [1.29, 1.82) is 0 Å². The van der Waals surface area contributed by atoms with Gasteiger partial charge in [-0.2, -0.15) is 0 Å². The molecule has 3 rings (SSSR count). The Hall–Kier alpha value is -0.970. The third-order valence-electron chi connectivity index (χ3n) is 3.41. The quantitative estimate of drug-likeness (QED) is 0.914. The molecule has 2 aromatic rings. The number of thiazole rings is 1. The van der Waals surface area contributed by atoms with E-state index in [0.29, 0.717) is 0 Å². The van der Waals surface area contributed by atoms with Gasteiger partial charge in [0.1, 0.15) is 0 Å². The number of fused-ring (bicyclic) bond motifs is 1. The fourth-order valence-corrected chi connectivity index (χ4v) is 3.42. The number of aromatic nitrogens is 1. The van der Waals surface area contributed by atoms with Gasteiger partial charge in [-0.1, -0.05) is 12.1 Å². The van der Waals surface area contributed by atoms with Gasteiger partial charge in [-0.25, -0.2) is 4.98 Å². The van der Waals surface area contributed by atoms with Crippen molar-refractivity contribution in [2.45, 2.75) is 12.8 Å². The van der Waals surface area contributed by atoms with Crippen LogP contribution in [-0.4, -0.2) is 42.6 Å². The van der Waals surface area contributed by atoms with E-state index in [4.69, 9.17) is 0 Å². The maximum atomic E-state index is 4.68. The standard InChI is InChI=1S/C14H19N3S/c1-2-5-13-12(4-1)16-14(18-13)6-3-9-17-10-7-15-8-11-17/h1-2,4-5,15H,3,6-11H2. The lowest BCUT2D eigenvalue weighted by Gasteiger charge is -2.26. The zero-order chi connectivity index (χ0) is 12.2. The number of hydrogen-bond donors (Lipinski definition) is 1. The molecule has 1 aromatic carbocycles. The van der Waals surface area contributed by atoms with Gasteiger partial charge < -0.3 is 10.2 Å². The molecule has 1 saturated heterocycles. The summed E-state index contributed by atoms with van der Waals surface area (Å²) < 4.78 is 1.31. The van der Waals surface area contributed by atoms with E-state index in [2.05, 4.69) is 39.5 Å². The van der Waals surface area contributed by atoms with E-state index >= 15 is 0 Å². The predicted octanol–water partition coefficient (Wildman–Crippen LogP) is 2.13. The minimum Gasteiger partial charge on any atom is -0.314 e. The molecule has 1 aliphatic rings. The van der Waals surface area contributed by atoms with Gasteiger partial charge in [0, 0.05) is 32.6 Å². The molecule has 0 aliphatic carbocycles. The van der Waals surface area contributed by atoms with Crippen LogP contribution in [0, 0.1) is 0 Å². The van der Waals surface area contributed by atoms with Gasteiger partial charge in [0.25, 0.3) is 0 Å². The summed E-state index contributed by atoms with van der Waals surface area (Å²) in [5.74, 6) is 0. The van der Waals surface area contributed by atoms with Crippen LogP contribution in [0.1, 0.15) is 11.4 Å². The van der Waals surface area contributed by atoms with Crippen LogP contribution < -0.4 is 5.32 Å². The number of piperazine rings is 1. The van der Waals surface area contributed by atoms with Crippen LogP contribution in [0.25, 0.3) is 10.2 Å². The first-order valence-electron chi connectivity index (χ1n) is 6.69. The first-order valence-corrected chi connectivity index (χ1v) is 7.51. The van der Waals surface area contributed by atoms with Crippen LogP contribution in [0.4, 0.5) is 0 Å². The molecule has 4 heteroatoms. The Bertz CT molecular complexity index is 469. The monoisotopic (exact) mass is 261 g/mol. The van der Waals surface area contributed by atoms with Gasteiger partial charge in [-0.3, -0.25) is 0 Å². The van der Waals surface area contributed by atoms with Gasteiger partial charge in [-0.05, 0) is 25.1 Å². The number of nitrogens with one attached hydrogen (secondary N) is 1. The van der Waals surface area contributed by atoms with E-state index in [1.54, 1.807) is 0 Å². The lowest BCUT2D eigenvalue weighted by Crippen LogP contribution is -2.43. The van der Waals surface area contributed by atoms with Crippen LogP contribution in [0.2, 0.25) is 0 Å². The van der Waals surface area contributed by atoms with Crippen molar-refractivity contribution in [2.24, 2.45) is 0 Å².